The Kier molecular flexibility index (Phi) is 7.83. The molecule has 0 aliphatic carbocycles. The third-order valence-corrected chi connectivity index (χ3v) is 2.38. The van der Waals surface area contributed by atoms with Gasteiger partial charge in [-0.05, 0) is 31.0 Å². The Morgan fingerprint density at radius 1 is 1.33 bits per heavy atom. The molecule has 2 aromatic rings. The second kappa shape index (κ2) is 8.55. The highest BCUT2D eigenvalue weighted by Gasteiger charge is 1.94. The molecule has 100 valence electrons. The maximum Gasteiger partial charge on any atom is 0.119 e. The van der Waals surface area contributed by atoms with E-state index in [0.717, 1.165) is 25.3 Å². The smallest absolute Gasteiger partial charge is 0.119 e. The fraction of sp³-hybridized carbons (Fsp3) is 0.308. The molecule has 0 saturated heterocycles. The van der Waals surface area contributed by atoms with Gasteiger partial charge in [0.15, 0.2) is 0 Å². The molecule has 0 radical (unpaired) electrons. The molecule has 2 rings (SSSR count). The molecule has 0 saturated carbocycles. The SMILES string of the molecule is Cc1cccc(OCCCn2ccnc2)c1.Cl.N. The van der Waals surface area contributed by atoms with E-state index in [2.05, 4.69) is 28.6 Å². The van der Waals surface area contributed by atoms with Gasteiger partial charge >= 0.3 is 0 Å². The minimum absolute atomic E-state index is 0. The van der Waals surface area contributed by atoms with E-state index < -0.39 is 0 Å². The number of halogens is 1. The maximum absolute atomic E-state index is 5.65. The lowest BCUT2D eigenvalue weighted by atomic mass is 10.2. The minimum Gasteiger partial charge on any atom is -0.494 e. The molecule has 18 heavy (non-hydrogen) atoms. The summed E-state index contributed by atoms with van der Waals surface area (Å²) in [6, 6.07) is 8.13. The third kappa shape index (κ3) is 5.21. The largest absolute Gasteiger partial charge is 0.494 e. The average Bonchev–Trinajstić information content (AvgIpc) is 2.77. The van der Waals surface area contributed by atoms with Crippen molar-refractivity contribution in [2.24, 2.45) is 0 Å². The Hall–Kier alpha value is -1.52. The van der Waals surface area contributed by atoms with Crippen LogP contribution in [-0.2, 0) is 6.54 Å². The second-order valence-corrected chi connectivity index (χ2v) is 3.82. The van der Waals surface area contributed by atoms with Crippen molar-refractivity contribution in [2.45, 2.75) is 19.9 Å². The van der Waals surface area contributed by atoms with Gasteiger partial charge in [0.25, 0.3) is 0 Å². The first-order chi connectivity index (χ1) is 7.84. The summed E-state index contributed by atoms with van der Waals surface area (Å²) in [7, 11) is 0. The lowest BCUT2D eigenvalue weighted by molar-refractivity contribution is 0.301. The van der Waals surface area contributed by atoms with Crippen LogP contribution in [0.25, 0.3) is 0 Å². The second-order valence-electron chi connectivity index (χ2n) is 3.82. The Labute approximate surface area is 114 Å². The first-order valence-corrected chi connectivity index (χ1v) is 5.50. The van der Waals surface area contributed by atoms with E-state index in [4.69, 9.17) is 4.74 Å². The van der Waals surface area contributed by atoms with E-state index in [1.54, 1.807) is 6.20 Å². The van der Waals surface area contributed by atoms with Crippen LogP contribution in [0.2, 0.25) is 0 Å². The van der Waals surface area contributed by atoms with Gasteiger partial charge in [-0.15, -0.1) is 12.4 Å². The zero-order chi connectivity index (χ0) is 11.2. The molecule has 0 bridgehead atoms. The predicted molar refractivity (Wildman–Crippen MR) is 75.8 cm³/mol. The van der Waals surface area contributed by atoms with E-state index in [1.165, 1.54) is 5.56 Å². The van der Waals surface area contributed by atoms with E-state index >= 15 is 0 Å². The van der Waals surface area contributed by atoms with Crippen LogP contribution in [0.3, 0.4) is 0 Å². The van der Waals surface area contributed by atoms with E-state index in [0.29, 0.717) is 0 Å². The summed E-state index contributed by atoms with van der Waals surface area (Å²) in [6.45, 7) is 3.76. The number of hydrogen-bond donors (Lipinski definition) is 1. The molecule has 3 N–H and O–H groups in total. The van der Waals surface area contributed by atoms with Crippen molar-refractivity contribution in [3.05, 3.63) is 48.5 Å². The molecule has 4 nitrogen and oxygen atoms in total. The summed E-state index contributed by atoms with van der Waals surface area (Å²) >= 11 is 0. The summed E-state index contributed by atoms with van der Waals surface area (Å²) in [6.07, 6.45) is 6.57. The molecule has 0 aliphatic heterocycles. The van der Waals surface area contributed by atoms with Crippen molar-refractivity contribution in [1.29, 1.82) is 0 Å². The van der Waals surface area contributed by atoms with Crippen molar-refractivity contribution in [2.75, 3.05) is 6.61 Å². The van der Waals surface area contributed by atoms with Gasteiger partial charge in [-0.1, -0.05) is 12.1 Å². The lowest BCUT2D eigenvalue weighted by Crippen LogP contribution is -2.03. The summed E-state index contributed by atoms with van der Waals surface area (Å²) in [5, 5.41) is 0. The Balaban J connectivity index is 0.00000144. The number of nitrogens with zero attached hydrogens (tertiary/aromatic N) is 2. The number of ether oxygens (including phenoxy) is 1. The van der Waals surface area contributed by atoms with Crippen LogP contribution in [0.15, 0.2) is 43.0 Å². The maximum atomic E-state index is 5.65. The van der Waals surface area contributed by atoms with E-state index in [1.807, 2.05) is 24.7 Å². The van der Waals surface area contributed by atoms with Gasteiger partial charge in [0.1, 0.15) is 5.75 Å². The molecule has 5 heteroatoms. The van der Waals surface area contributed by atoms with Crippen molar-refractivity contribution in [3.8, 4) is 5.75 Å². The van der Waals surface area contributed by atoms with Crippen LogP contribution in [0.5, 0.6) is 5.75 Å². The fourth-order valence-electron chi connectivity index (χ4n) is 1.56. The van der Waals surface area contributed by atoms with Crippen LogP contribution < -0.4 is 10.9 Å². The van der Waals surface area contributed by atoms with Gasteiger partial charge in [-0.2, -0.15) is 0 Å². The highest BCUT2D eigenvalue weighted by Crippen LogP contribution is 2.12. The molecule has 1 aromatic carbocycles. The Bertz CT molecular complexity index is 432. The van der Waals surface area contributed by atoms with Gasteiger partial charge in [-0.25, -0.2) is 4.98 Å². The summed E-state index contributed by atoms with van der Waals surface area (Å²) in [4.78, 5) is 3.99. The van der Waals surface area contributed by atoms with Crippen molar-refractivity contribution in [1.82, 2.24) is 15.7 Å². The van der Waals surface area contributed by atoms with Crippen LogP contribution in [-0.4, -0.2) is 16.2 Å². The molecular formula is C13H20ClN3O. The number of aryl methyl sites for hydroxylation is 2. The summed E-state index contributed by atoms with van der Waals surface area (Å²) < 4.78 is 7.71. The third-order valence-electron chi connectivity index (χ3n) is 2.38. The van der Waals surface area contributed by atoms with Crippen LogP contribution in [0.4, 0.5) is 0 Å². The van der Waals surface area contributed by atoms with E-state index in [9.17, 15) is 0 Å². The van der Waals surface area contributed by atoms with Crippen LogP contribution in [0.1, 0.15) is 12.0 Å². The molecule has 0 fully saturated rings. The topological polar surface area (TPSA) is 62.0 Å². The highest BCUT2D eigenvalue weighted by molar-refractivity contribution is 5.85. The highest BCUT2D eigenvalue weighted by atomic mass is 35.5. The summed E-state index contributed by atoms with van der Waals surface area (Å²) in [5.41, 5.74) is 1.23. The quantitative estimate of drug-likeness (QED) is 0.848. The minimum atomic E-state index is 0. The first kappa shape index (κ1) is 16.5. The fourth-order valence-corrected chi connectivity index (χ4v) is 1.56. The number of hydrogen-bond acceptors (Lipinski definition) is 3. The average molecular weight is 270 g/mol. The Morgan fingerprint density at radius 3 is 2.83 bits per heavy atom. The molecule has 0 aliphatic rings. The number of benzene rings is 1. The van der Waals surface area contributed by atoms with Crippen molar-refractivity contribution >= 4 is 12.4 Å². The molecule has 0 unspecified atom stereocenters. The van der Waals surface area contributed by atoms with Gasteiger partial charge in [-0.3, -0.25) is 0 Å². The summed E-state index contributed by atoms with van der Waals surface area (Å²) in [5.74, 6) is 0.950. The van der Waals surface area contributed by atoms with Crippen molar-refractivity contribution < 1.29 is 4.74 Å². The van der Waals surface area contributed by atoms with Crippen LogP contribution in [0, 0.1) is 6.92 Å². The normalized spacial score (nSPS) is 9.17. The van der Waals surface area contributed by atoms with Crippen LogP contribution >= 0.6 is 12.4 Å². The van der Waals surface area contributed by atoms with Gasteiger partial charge in [0.2, 0.25) is 0 Å². The Morgan fingerprint density at radius 2 is 2.17 bits per heavy atom. The monoisotopic (exact) mass is 269 g/mol. The molecule has 0 spiro atoms. The molecular weight excluding hydrogens is 250 g/mol. The van der Waals surface area contributed by atoms with Gasteiger partial charge in [0, 0.05) is 18.9 Å². The first-order valence-electron chi connectivity index (χ1n) is 5.50. The predicted octanol–water partition coefficient (Wildman–Crippen LogP) is 3.24. The lowest BCUT2D eigenvalue weighted by Gasteiger charge is -2.06. The van der Waals surface area contributed by atoms with Gasteiger partial charge < -0.3 is 15.5 Å². The standard InChI is InChI=1S/C13H16N2O.ClH.H3N/c1-12-4-2-5-13(10-12)16-9-3-7-15-8-6-14-11-15;;/h2,4-6,8,10-11H,3,7,9H2,1H3;1H;1H3. The number of imidazole rings is 1. The number of rotatable bonds is 5. The number of aromatic nitrogens is 2. The molecule has 0 amide bonds. The van der Waals surface area contributed by atoms with E-state index in [-0.39, 0.29) is 18.6 Å². The molecule has 1 aromatic heterocycles. The molecule has 0 atom stereocenters. The molecule has 1 heterocycles. The zero-order valence-corrected chi connectivity index (χ0v) is 11.4. The zero-order valence-electron chi connectivity index (χ0n) is 10.6. The van der Waals surface area contributed by atoms with Gasteiger partial charge in [0.05, 0.1) is 12.9 Å². The van der Waals surface area contributed by atoms with Crippen molar-refractivity contribution in [3.63, 3.8) is 0 Å².